The zero-order valence-electron chi connectivity index (χ0n) is 12.2. The van der Waals surface area contributed by atoms with Gasteiger partial charge in [0.2, 0.25) is 0 Å². The van der Waals surface area contributed by atoms with Crippen LogP contribution in [0.2, 0.25) is 0 Å². The third-order valence-corrected chi connectivity index (χ3v) is 3.64. The summed E-state index contributed by atoms with van der Waals surface area (Å²) in [5.41, 5.74) is 0. The molecular formula is C12H20N2O7S. The zero-order chi connectivity index (χ0) is 17.3. The van der Waals surface area contributed by atoms with Gasteiger partial charge in [-0.2, -0.15) is 11.8 Å². The number of carbonyl (C=O) groups excluding carboxylic acids is 1. The van der Waals surface area contributed by atoms with Gasteiger partial charge in [0.05, 0.1) is 0 Å². The summed E-state index contributed by atoms with van der Waals surface area (Å²) in [5.74, 6) is -3.68. The van der Waals surface area contributed by atoms with Gasteiger partial charge in [-0.1, -0.05) is 13.8 Å². The molecule has 0 aromatic heterocycles. The quantitative estimate of drug-likeness (QED) is 0.379. The first-order valence-corrected chi connectivity index (χ1v) is 7.54. The summed E-state index contributed by atoms with van der Waals surface area (Å²) in [6.45, 7) is 3.74. The molecule has 0 aliphatic heterocycles. The molecule has 2 unspecified atom stereocenters. The topological polar surface area (TPSA) is 153 Å². The molecule has 0 aliphatic rings. The lowest BCUT2D eigenvalue weighted by molar-refractivity contribution is -0.140. The minimum absolute atomic E-state index is 0.132. The van der Waals surface area contributed by atoms with Crippen molar-refractivity contribution in [2.75, 3.05) is 5.75 Å². The molecule has 0 saturated carbocycles. The molecule has 2 amide bonds. The maximum absolute atomic E-state index is 11.7. The van der Waals surface area contributed by atoms with E-state index < -0.39 is 42.4 Å². The fraction of sp³-hybridized carbons (Fsp3) is 0.667. The van der Waals surface area contributed by atoms with Crippen molar-refractivity contribution in [3.8, 4) is 0 Å². The van der Waals surface area contributed by atoms with E-state index in [1.165, 1.54) is 11.8 Å². The average Bonchev–Trinajstić information content (AvgIpc) is 2.38. The van der Waals surface area contributed by atoms with Crippen LogP contribution in [0.15, 0.2) is 0 Å². The lowest BCUT2D eigenvalue weighted by atomic mass is 10.1. The van der Waals surface area contributed by atoms with Crippen molar-refractivity contribution in [2.45, 2.75) is 44.0 Å². The van der Waals surface area contributed by atoms with E-state index in [-0.39, 0.29) is 17.4 Å². The van der Waals surface area contributed by atoms with Crippen LogP contribution < -0.4 is 10.6 Å². The Hall–Kier alpha value is -1.97. The molecule has 0 aromatic carbocycles. The van der Waals surface area contributed by atoms with Crippen LogP contribution in [0.4, 0.5) is 4.79 Å². The van der Waals surface area contributed by atoms with Crippen molar-refractivity contribution < 1.29 is 34.5 Å². The third kappa shape index (κ3) is 9.06. The molecule has 5 N–H and O–H groups in total. The van der Waals surface area contributed by atoms with Gasteiger partial charge in [0, 0.05) is 12.2 Å². The molecule has 9 nitrogen and oxygen atoms in total. The van der Waals surface area contributed by atoms with Gasteiger partial charge in [0.15, 0.2) is 0 Å². The molecule has 2 atom stereocenters. The Balaban J connectivity index is 4.54. The minimum Gasteiger partial charge on any atom is -0.481 e. The second-order valence-electron chi connectivity index (χ2n) is 4.71. The van der Waals surface area contributed by atoms with Crippen molar-refractivity contribution in [3.05, 3.63) is 0 Å². The molecule has 0 radical (unpaired) electrons. The lowest BCUT2D eigenvalue weighted by Gasteiger charge is -2.18. The third-order valence-electron chi connectivity index (χ3n) is 2.45. The Bertz CT molecular complexity index is 428. The molecule has 22 heavy (non-hydrogen) atoms. The number of amides is 2. The van der Waals surface area contributed by atoms with Crippen LogP contribution in [0.25, 0.3) is 0 Å². The molecule has 10 heteroatoms. The fourth-order valence-electron chi connectivity index (χ4n) is 1.35. The molecule has 0 spiro atoms. The van der Waals surface area contributed by atoms with E-state index in [2.05, 4.69) is 10.6 Å². The standard InChI is InChI=1S/C12H20N2O7S/c1-6(2)22-5-8(11(19)20)14-12(21)13-7(10(17)18)3-4-9(15)16/h6-8H,3-5H2,1-2H3,(H,15,16)(H,17,18)(H,19,20)(H2,13,14,21). The summed E-state index contributed by atoms with van der Waals surface area (Å²) in [6.07, 6.45) is -0.723. The highest BCUT2D eigenvalue weighted by atomic mass is 32.2. The Morgan fingerprint density at radius 1 is 0.955 bits per heavy atom. The second kappa shape index (κ2) is 9.87. The lowest BCUT2D eigenvalue weighted by Crippen LogP contribution is -2.52. The van der Waals surface area contributed by atoms with Gasteiger partial charge in [-0.05, 0) is 11.7 Å². The van der Waals surface area contributed by atoms with Crippen LogP contribution in [-0.2, 0) is 14.4 Å². The number of nitrogens with one attached hydrogen (secondary N) is 2. The molecule has 0 rings (SSSR count). The Labute approximate surface area is 131 Å². The molecule has 0 heterocycles. The number of carbonyl (C=O) groups is 4. The van der Waals surface area contributed by atoms with E-state index in [0.29, 0.717) is 0 Å². The molecule has 0 bridgehead atoms. The SMILES string of the molecule is CC(C)SCC(NC(=O)NC(CCC(=O)O)C(=O)O)C(=O)O. The van der Waals surface area contributed by atoms with Crippen LogP contribution in [0.5, 0.6) is 0 Å². The number of thioether (sulfide) groups is 1. The first-order chi connectivity index (χ1) is 10.1. The maximum Gasteiger partial charge on any atom is 0.327 e. The predicted molar refractivity (Wildman–Crippen MR) is 79.0 cm³/mol. The molecule has 0 aliphatic carbocycles. The normalized spacial score (nSPS) is 13.2. The van der Waals surface area contributed by atoms with Gasteiger partial charge in [0.25, 0.3) is 0 Å². The first kappa shape index (κ1) is 20.0. The highest BCUT2D eigenvalue weighted by Gasteiger charge is 2.25. The van der Waals surface area contributed by atoms with E-state index >= 15 is 0 Å². The summed E-state index contributed by atoms with van der Waals surface area (Å²) in [4.78, 5) is 44.0. The molecule has 0 saturated heterocycles. The second-order valence-corrected chi connectivity index (χ2v) is 6.32. The van der Waals surface area contributed by atoms with E-state index in [4.69, 9.17) is 15.3 Å². The van der Waals surface area contributed by atoms with Crippen LogP contribution in [0, 0.1) is 0 Å². The summed E-state index contributed by atoms with van der Waals surface area (Å²) >= 11 is 1.33. The average molecular weight is 336 g/mol. The molecular weight excluding hydrogens is 316 g/mol. The van der Waals surface area contributed by atoms with E-state index in [1.807, 2.05) is 13.8 Å². The van der Waals surface area contributed by atoms with Crippen molar-refractivity contribution in [1.82, 2.24) is 10.6 Å². The van der Waals surface area contributed by atoms with Gasteiger partial charge in [-0.3, -0.25) is 4.79 Å². The molecule has 0 fully saturated rings. The molecule has 0 aromatic rings. The van der Waals surface area contributed by atoms with Crippen LogP contribution in [-0.4, -0.2) is 62.3 Å². The summed E-state index contributed by atoms with van der Waals surface area (Å²) in [5, 5.41) is 30.8. The number of carboxylic acids is 3. The van der Waals surface area contributed by atoms with E-state index in [9.17, 15) is 19.2 Å². The highest BCUT2D eigenvalue weighted by molar-refractivity contribution is 7.99. The number of carboxylic acid groups (broad SMARTS) is 3. The Morgan fingerprint density at radius 3 is 1.86 bits per heavy atom. The van der Waals surface area contributed by atoms with Gasteiger partial charge in [0.1, 0.15) is 12.1 Å². The maximum atomic E-state index is 11.7. The Kier molecular flexibility index (Phi) is 8.99. The van der Waals surface area contributed by atoms with Gasteiger partial charge in [-0.25, -0.2) is 14.4 Å². The number of urea groups is 1. The van der Waals surface area contributed by atoms with Crippen LogP contribution in [0.1, 0.15) is 26.7 Å². The number of aliphatic carboxylic acids is 3. The predicted octanol–water partition coefficient (Wildman–Crippen LogP) is 0.198. The van der Waals surface area contributed by atoms with Crippen molar-refractivity contribution in [1.29, 1.82) is 0 Å². The zero-order valence-corrected chi connectivity index (χ0v) is 13.1. The van der Waals surface area contributed by atoms with E-state index in [0.717, 1.165) is 0 Å². The van der Waals surface area contributed by atoms with Gasteiger partial charge < -0.3 is 26.0 Å². The van der Waals surface area contributed by atoms with Crippen molar-refractivity contribution >= 4 is 35.7 Å². The number of hydrogen-bond donors (Lipinski definition) is 5. The van der Waals surface area contributed by atoms with Crippen molar-refractivity contribution in [3.63, 3.8) is 0 Å². The van der Waals surface area contributed by atoms with Gasteiger partial charge >= 0.3 is 23.9 Å². The highest BCUT2D eigenvalue weighted by Crippen LogP contribution is 2.10. The van der Waals surface area contributed by atoms with Crippen LogP contribution in [0.3, 0.4) is 0 Å². The molecule has 126 valence electrons. The summed E-state index contributed by atoms with van der Waals surface area (Å²) in [7, 11) is 0. The fourth-order valence-corrected chi connectivity index (χ4v) is 2.15. The number of hydrogen-bond acceptors (Lipinski definition) is 5. The minimum atomic E-state index is -1.40. The number of rotatable bonds is 10. The first-order valence-electron chi connectivity index (χ1n) is 6.49. The monoisotopic (exact) mass is 336 g/mol. The Morgan fingerprint density at radius 2 is 1.45 bits per heavy atom. The van der Waals surface area contributed by atoms with Crippen LogP contribution >= 0.6 is 11.8 Å². The smallest absolute Gasteiger partial charge is 0.327 e. The largest absolute Gasteiger partial charge is 0.481 e. The van der Waals surface area contributed by atoms with Crippen molar-refractivity contribution in [2.24, 2.45) is 0 Å². The summed E-state index contributed by atoms with van der Waals surface area (Å²) < 4.78 is 0. The van der Waals surface area contributed by atoms with Gasteiger partial charge in [-0.15, -0.1) is 0 Å². The van der Waals surface area contributed by atoms with E-state index in [1.54, 1.807) is 0 Å². The summed E-state index contributed by atoms with van der Waals surface area (Å²) in [6, 6.07) is -3.53.